The van der Waals surface area contributed by atoms with Crippen molar-refractivity contribution in [1.29, 1.82) is 0 Å². The predicted molar refractivity (Wildman–Crippen MR) is 96.1 cm³/mol. The first kappa shape index (κ1) is 17.6. The zero-order valence-corrected chi connectivity index (χ0v) is 15.1. The van der Waals surface area contributed by atoms with Crippen LogP contribution in [0.5, 0.6) is 0 Å². The highest BCUT2D eigenvalue weighted by atomic mass is 35.5. The highest BCUT2D eigenvalue weighted by molar-refractivity contribution is 7.90. The van der Waals surface area contributed by atoms with Crippen molar-refractivity contribution >= 4 is 38.2 Å². The summed E-state index contributed by atoms with van der Waals surface area (Å²) in [6.45, 7) is 1.87. The minimum atomic E-state index is -3.34. The van der Waals surface area contributed by atoms with Gasteiger partial charge in [0.1, 0.15) is 18.0 Å². The molecule has 0 bridgehead atoms. The second-order valence-electron chi connectivity index (χ2n) is 5.71. The van der Waals surface area contributed by atoms with E-state index in [4.69, 9.17) is 11.6 Å². The maximum absolute atomic E-state index is 13.3. The summed E-state index contributed by atoms with van der Waals surface area (Å²) >= 11 is 5.83. The Hall–Kier alpha value is -2.25. The number of rotatable bonds is 4. The van der Waals surface area contributed by atoms with Crippen molar-refractivity contribution in [3.63, 3.8) is 0 Å². The van der Waals surface area contributed by atoms with Gasteiger partial charge in [-0.2, -0.15) is 0 Å². The summed E-state index contributed by atoms with van der Waals surface area (Å²) in [5.41, 5.74) is 1.40. The molecule has 0 aliphatic heterocycles. The molecule has 0 spiro atoms. The van der Waals surface area contributed by atoms with Crippen LogP contribution in [0.25, 0.3) is 10.9 Å². The van der Waals surface area contributed by atoms with Gasteiger partial charge in [-0.15, -0.1) is 0 Å². The lowest BCUT2D eigenvalue weighted by atomic mass is 10.1. The van der Waals surface area contributed by atoms with Crippen LogP contribution in [0.15, 0.2) is 47.6 Å². The van der Waals surface area contributed by atoms with Gasteiger partial charge in [-0.1, -0.05) is 17.7 Å². The SMILES string of the molecule is CC(Nc1ncnc2ccc(S(C)(=O)=O)cc12)c1ccc(F)c(Cl)c1. The summed E-state index contributed by atoms with van der Waals surface area (Å²) in [6, 6.07) is 8.94. The number of hydrogen-bond acceptors (Lipinski definition) is 5. The molecule has 2 aromatic carbocycles. The van der Waals surface area contributed by atoms with Crippen LogP contribution in [0.4, 0.5) is 10.2 Å². The Morgan fingerprint density at radius 3 is 2.60 bits per heavy atom. The monoisotopic (exact) mass is 379 g/mol. The van der Waals surface area contributed by atoms with Crippen molar-refractivity contribution in [3.05, 3.63) is 59.1 Å². The zero-order valence-electron chi connectivity index (χ0n) is 13.5. The maximum atomic E-state index is 13.3. The minimum absolute atomic E-state index is 0.0399. The third-order valence-corrected chi connectivity index (χ3v) is 5.23. The third-order valence-electron chi connectivity index (χ3n) is 3.83. The number of benzene rings is 2. The summed E-state index contributed by atoms with van der Waals surface area (Å²) in [5, 5.41) is 3.83. The Morgan fingerprint density at radius 1 is 1.16 bits per heavy atom. The van der Waals surface area contributed by atoms with E-state index >= 15 is 0 Å². The normalized spacial score (nSPS) is 13.0. The fourth-order valence-electron chi connectivity index (χ4n) is 2.45. The zero-order chi connectivity index (χ0) is 18.2. The smallest absolute Gasteiger partial charge is 0.175 e. The number of sulfone groups is 1. The Morgan fingerprint density at radius 2 is 1.92 bits per heavy atom. The van der Waals surface area contributed by atoms with E-state index in [9.17, 15) is 12.8 Å². The van der Waals surface area contributed by atoms with E-state index in [2.05, 4.69) is 15.3 Å². The van der Waals surface area contributed by atoms with Crippen LogP contribution in [0.3, 0.4) is 0 Å². The molecule has 0 saturated heterocycles. The van der Waals surface area contributed by atoms with Gasteiger partial charge in [-0.25, -0.2) is 22.8 Å². The standard InChI is InChI=1S/C17H15ClFN3O2S/c1-10(11-3-5-15(19)14(18)7-11)22-17-13-8-12(25(2,23)24)4-6-16(13)20-9-21-17/h3-10H,1-2H3,(H,20,21,22). The Balaban J connectivity index is 2.01. The van der Waals surface area contributed by atoms with E-state index in [1.807, 2.05) is 6.92 Å². The highest BCUT2D eigenvalue weighted by Crippen LogP contribution is 2.27. The molecule has 0 saturated carbocycles. The number of nitrogens with one attached hydrogen (secondary N) is 1. The van der Waals surface area contributed by atoms with Gasteiger partial charge in [0, 0.05) is 11.6 Å². The minimum Gasteiger partial charge on any atom is -0.363 e. The van der Waals surface area contributed by atoms with E-state index in [0.29, 0.717) is 16.7 Å². The van der Waals surface area contributed by atoms with Crippen LogP contribution in [0.1, 0.15) is 18.5 Å². The molecule has 1 atom stereocenters. The topological polar surface area (TPSA) is 72.0 Å². The molecule has 0 aliphatic rings. The molecule has 8 heteroatoms. The van der Waals surface area contributed by atoms with Crippen molar-refractivity contribution < 1.29 is 12.8 Å². The maximum Gasteiger partial charge on any atom is 0.175 e. The van der Waals surface area contributed by atoms with E-state index in [1.54, 1.807) is 18.2 Å². The molecule has 0 aliphatic carbocycles. The van der Waals surface area contributed by atoms with Crippen LogP contribution < -0.4 is 5.32 Å². The van der Waals surface area contributed by atoms with Crippen molar-refractivity contribution in [1.82, 2.24) is 9.97 Å². The second kappa shape index (κ2) is 6.57. The van der Waals surface area contributed by atoms with Gasteiger partial charge in [0.15, 0.2) is 9.84 Å². The van der Waals surface area contributed by atoms with Crippen LogP contribution in [0.2, 0.25) is 5.02 Å². The summed E-state index contributed by atoms with van der Waals surface area (Å²) < 4.78 is 36.9. The average Bonchev–Trinajstić information content (AvgIpc) is 2.56. The van der Waals surface area contributed by atoms with Crippen molar-refractivity contribution in [2.24, 2.45) is 0 Å². The quantitative estimate of drug-likeness (QED) is 0.741. The van der Waals surface area contributed by atoms with E-state index < -0.39 is 15.7 Å². The molecule has 3 aromatic rings. The lowest BCUT2D eigenvalue weighted by molar-refractivity contribution is 0.602. The van der Waals surface area contributed by atoms with E-state index in [-0.39, 0.29) is 16.0 Å². The molecule has 25 heavy (non-hydrogen) atoms. The molecule has 0 fully saturated rings. The largest absolute Gasteiger partial charge is 0.363 e. The van der Waals surface area contributed by atoms with Gasteiger partial charge in [0.2, 0.25) is 0 Å². The first-order valence-electron chi connectivity index (χ1n) is 7.42. The molecule has 130 valence electrons. The summed E-state index contributed by atoms with van der Waals surface area (Å²) in [5.74, 6) is 0.00587. The molecule has 3 rings (SSSR count). The molecular formula is C17H15ClFN3O2S. The summed E-state index contributed by atoms with van der Waals surface area (Å²) in [4.78, 5) is 8.56. The Bertz CT molecular complexity index is 1060. The van der Waals surface area contributed by atoms with Crippen molar-refractivity contribution in [3.8, 4) is 0 Å². The number of fused-ring (bicyclic) bond motifs is 1. The number of hydrogen-bond donors (Lipinski definition) is 1. The Labute approximate surface area is 149 Å². The van der Waals surface area contributed by atoms with Gasteiger partial charge < -0.3 is 5.32 Å². The van der Waals surface area contributed by atoms with E-state index in [0.717, 1.165) is 11.8 Å². The van der Waals surface area contributed by atoms with Crippen LogP contribution in [0, 0.1) is 5.82 Å². The number of nitrogens with zero attached hydrogens (tertiary/aromatic N) is 2. The molecule has 1 N–H and O–H groups in total. The molecule has 0 radical (unpaired) electrons. The van der Waals surface area contributed by atoms with Crippen LogP contribution in [-0.4, -0.2) is 24.6 Å². The fraction of sp³-hybridized carbons (Fsp3) is 0.176. The van der Waals surface area contributed by atoms with Gasteiger partial charge >= 0.3 is 0 Å². The Kier molecular flexibility index (Phi) is 4.62. The molecule has 1 aromatic heterocycles. The van der Waals surface area contributed by atoms with E-state index in [1.165, 1.54) is 24.5 Å². The number of halogens is 2. The first-order valence-corrected chi connectivity index (χ1v) is 9.69. The molecule has 0 amide bonds. The van der Waals surface area contributed by atoms with Crippen molar-refractivity contribution in [2.45, 2.75) is 17.9 Å². The summed E-state index contributed by atoms with van der Waals surface area (Å²) in [7, 11) is -3.34. The van der Waals surface area contributed by atoms with Crippen LogP contribution in [-0.2, 0) is 9.84 Å². The van der Waals surface area contributed by atoms with Crippen LogP contribution >= 0.6 is 11.6 Å². The average molecular weight is 380 g/mol. The lowest BCUT2D eigenvalue weighted by Gasteiger charge is -2.17. The lowest BCUT2D eigenvalue weighted by Crippen LogP contribution is -2.09. The van der Waals surface area contributed by atoms with Gasteiger partial charge in [-0.05, 0) is 42.8 Å². The van der Waals surface area contributed by atoms with Gasteiger partial charge in [0.25, 0.3) is 0 Å². The molecule has 1 heterocycles. The second-order valence-corrected chi connectivity index (χ2v) is 8.14. The summed E-state index contributed by atoms with van der Waals surface area (Å²) in [6.07, 6.45) is 2.54. The number of aromatic nitrogens is 2. The molecule has 5 nitrogen and oxygen atoms in total. The predicted octanol–water partition coefficient (Wildman–Crippen LogP) is 4.00. The highest BCUT2D eigenvalue weighted by Gasteiger charge is 2.14. The fourth-order valence-corrected chi connectivity index (χ4v) is 3.29. The third kappa shape index (κ3) is 3.72. The number of anilines is 1. The first-order chi connectivity index (χ1) is 11.8. The molecule has 1 unspecified atom stereocenters. The van der Waals surface area contributed by atoms with Crippen molar-refractivity contribution in [2.75, 3.05) is 11.6 Å². The van der Waals surface area contributed by atoms with Gasteiger partial charge in [-0.3, -0.25) is 0 Å². The van der Waals surface area contributed by atoms with Gasteiger partial charge in [0.05, 0.1) is 21.5 Å². The molecular weight excluding hydrogens is 365 g/mol.